The predicted octanol–water partition coefficient (Wildman–Crippen LogP) is 1.74. The Morgan fingerprint density at radius 1 is 1.33 bits per heavy atom. The number of aromatic nitrogens is 3. The van der Waals surface area contributed by atoms with Crippen LogP contribution in [0.3, 0.4) is 0 Å². The molecule has 1 N–H and O–H groups in total. The predicted molar refractivity (Wildman–Crippen MR) is 101 cm³/mol. The number of benzene rings is 1. The summed E-state index contributed by atoms with van der Waals surface area (Å²) in [4.78, 5) is 31.2. The van der Waals surface area contributed by atoms with Gasteiger partial charge >= 0.3 is 0 Å². The molecule has 0 aliphatic heterocycles. The van der Waals surface area contributed by atoms with Crippen molar-refractivity contribution in [3.05, 3.63) is 62.8 Å². The minimum absolute atomic E-state index is 0.146. The highest BCUT2D eigenvalue weighted by molar-refractivity contribution is 7.16. The third kappa shape index (κ3) is 4.95. The highest BCUT2D eigenvalue weighted by Gasteiger charge is 2.13. The summed E-state index contributed by atoms with van der Waals surface area (Å²) in [6, 6.07) is 7.45. The van der Waals surface area contributed by atoms with E-state index in [1.165, 1.54) is 34.1 Å². The Bertz CT molecular complexity index is 999. The van der Waals surface area contributed by atoms with Crippen LogP contribution in [0, 0.1) is 12.7 Å². The Kier molecular flexibility index (Phi) is 5.92. The Morgan fingerprint density at radius 3 is 2.78 bits per heavy atom. The molecule has 1 amide bonds. The average Bonchev–Trinajstić information content (AvgIpc) is 3.01. The number of amides is 1. The Labute approximate surface area is 159 Å². The third-order valence-corrected chi connectivity index (χ3v) is 4.83. The zero-order chi connectivity index (χ0) is 19.4. The molecule has 142 valence electrons. The van der Waals surface area contributed by atoms with Gasteiger partial charge in [0.25, 0.3) is 5.56 Å². The number of hydrogen-bond acceptors (Lipinski definition) is 6. The summed E-state index contributed by atoms with van der Waals surface area (Å²) < 4.78 is 14.2. The zero-order valence-electron chi connectivity index (χ0n) is 15.1. The maximum atomic E-state index is 12.9. The van der Waals surface area contributed by atoms with Crippen molar-refractivity contribution in [1.82, 2.24) is 24.8 Å². The largest absolute Gasteiger partial charge is 0.351 e. The molecule has 0 fully saturated rings. The lowest BCUT2D eigenvalue weighted by molar-refractivity contribution is -0.122. The highest BCUT2D eigenvalue weighted by atomic mass is 32.1. The molecule has 1 aromatic carbocycles. The Balaban J connectivity index is 1.60. The lowest BCUT2D eigenvalue weighted by Crippen LogP contribution is -2.37. The molecule has 3 rings (SSSR count). The lowest BCUT2D eigenvalue weighted by atomic mass is 10.2. The molecule has 3 aromatic rings. The smallest absolute Gasteiger partial charge is 0.275 e. The SMILES string of the molecule is CCN(CC(=O)NCc1ccc(F)cc1)Cc1cc(=O)n2nc(C)sc2n1. The molecule has 7 nitrogen and oxygen atoms in total. The lowest BCUT2D eigenvalue weighted by Gasteiger charge is -2.19. The molecule has 0 aliphatic rings. The van der Waals surface area contributed by atoms with Gasteiger partial charge in [-0.25, -0.2) is 9.37 Å². The second-order valence-corrected chi connectivity index (χ2v) is 7.27. The molecule has 0 bridgehead atoms. The summed E-state index contributed by atoms with van der Waals surface area (Å²) in [6.07, 6.45) is 0. The second kappa shape index (κ2) is 8.36. The molecule has 0 radical (unpaired) electrons. The number of carbonyl (C=O) groups is 1. The van der Waals surface area contributed by atoms with Gasteiger partial charge in [0.05, 0.1) is 12.2 Å². The van der Waals surface area contributed by atoms with E-state index >= 15 is 0 Å². The van der Waals surface area contributed by atoms with Gasteiger partial charge in [0, 0.05) is 19.2 Å². The van der Waals surface area contributed by atoms with Crippen LogP contribution in [0.4, 0.5) is 4.39 Å². The first-order chi connectivity index (χ1) is 12.9. The normalized spacial score (nSPS) is 11.3. The third-order valence-electron chi connectivity index (χ3n) is 4.00. The van der Waals surface area contributed by atoms with Gasteiger partial charge in [-0.3, -0.25) is 14.5 Å². The van der Waals surface area contributed by atoms with Crippen molar-refractivity contribution in [2.45, 2.75) is 26.9 Å². The van der Waals surface area contributed by atoms with E-state index in [9.17, 15) is 14.0 Å². The number of nitrogens with one attached hydrogen (secondary N) is 1. The van der Waals surface area contributed by atoms with Crippen molar-refractivity contribution in [2.24, 2.45) is 0 Å². The summed E-state index contributed by atoms with van der Waals surface area (Å²) >= 11 is 1.35. The van der Waals surface area contributed by atoms with Crippen LogP contribution in [0.15, 0.2) is 35.1 Å². The van der Waals surface area contributed by atoms with Crippen LogP contribution in [0.2, 0.25) is 0 Å². The summed E-state index contributed by atoms with van der Waals surface area (Å²) in [6.45, 7) is 5.30. The van der Waals surface area contributed by atoms with E-state index in [0.717, 1.165) is 10.6 Å². The molecule has 2 heterocycles. The van der Waals surface area contributed by atoms with Crippen LogP contribution in [0.1, 0.15) is 23.2 Å². The van der Waals surface area contributed by atoms with Crippen molar-refractivity contribution in [2.75, 3.05) is 13.1 Å². The van der Waals surface area contributed by atoms with Gasteiger partial charge in [-0.2, -0.15) is 9.61 Å². The molecule has 9 heteroatoms. The van der Waals surface area contributed by atoms with Crippen molar-refractivity contribution in [3.8, 4) is 0 Å². The maximum Gasteiger partial charge on any atom is 0.275 e. The van der Waals surface area contributed by atoms with Crippen LogP contribution in [0.5, 0.6) is 0 Å². The summed E-state index contributed by atoms with van der Waals surface area (Å²) in [5.41, 5.74) is 1.21. The van der Waals surface area contributed by atoms with Crippen molar-refractivity contribution in [3.63, 3.8) is 0 Å². The van der Waals surface area contributed by atoms with E-state index in [1.54, 1.807) is 12.1 Å². The number of rotatable bonds is 7. The minimum atomic E-state index is -0.307. The zero-order valence-corrected chi connectivity index (χ0v) is 15.9. The molecular formula is C18H20FN5O2S. The first-order valence-electron chi connectivity index (χ1n) is 8.54. The number of fused-ring (bicyclic) bond motifs is 1. The molecule has 0 unspecified atom stereocenters. The van der Waals surface area contributed by atoms with Crippen LogP contribution in [0.25, 0.3) is 4.96 Å². The summed E-state index contributed by atoms with van der Waals surface area (Å²) in [7, 11) is 0. The standard InChI is InChI=1S/C18H20FN5O2S/c1-3-23(11-16(25)20-9-13-4-6-14(19)7-5-13)10-15-8-17(26)24-18(21-15)27-12(2)22-24/h4-8H,3,9-11H2,1-2H3,(H,20,25). The molecule has 0 spiro atoms. The maximum absolute atomic E-state index is 12.9. The van der Waals surface area contributed by atoms with Crippen LogP contribution in [-0.4, -0.2) is 38.5 Å². The van der Waals surface area contributed by atoms with Gasteiger partial charge < -0.3 is 5.32 Å². The number of halogens is 1. The molecule has 0 saturated carbocycles. The summed E-state index contributed by atoms with van der Waals surface area (Å²) in [5, 5.41) is 7.70. The quantitative estimate of drug-likeness (QED) is 0.666. The number of likely N-dealkylation sites (N-methyl/N-ethyl adjacent to an activating group) is 1. The van der Waals surface area contributed by atoms with E-state index in [1.807, 2.05) is 18.7 Å². The minimum Gasteiger partial charge on any atom is -0.351 e. The topological polar surface area (TPSA) is 79.6 Å². The van der Waals surface area contributed by atoms with Gasteiger partial charge in [0.1, 0.15) is 10.8 Å². The Hall–Kier alpha value is -2.65. The first kappa shape index (κ1) is 19.1. The number of nitrogens with zero attached hydrogens (tertiary/aromatic N) is 4. The monoisotopic (exact) mass is 389 g/mol. The number of hydrogen-bond donors (Lipinski definition) is 1. The van der Waals surface area contributed by atoms with Crippen molar-refractivity contribution < 1.29 is 9.18 Å². The fourth-order valence-corrected chi connectivity index (χ4v) is 3.37. The van der Waals surface area contributed by atoms with Gasteiger partial charge in [-0.15, -0.1) is 0 Å². The fraction of sp³-hybridized carbons (Fsp3) is 0.333. The molecule has 0 atom stereocenters. The Morgan fingerprint density at radius 2 is 2.07 bits per heavy atom. The molecule has 0 saturated heterocycles. The molecular weight excluding hydrogens is 369 g/mol. The van der Waals surface area contributed by atoms with Gasteiger partial charge in [-0.05, 0) is 31.2 Å². The van der Waals surface area contributed by atoms with E-state index < -0.39 is 0 Å². The fourth-order valence-electron chi connectivity index (χ4n) is 2.60. The van der Waals surface area contributed by atoms with E-state index in [4.69, 9.17) is 0 Å². The van der Waals surface area contributed by atoms with Gasteiger partial charge in [0.2, 0.25) is 10.9 Å². The van der Waals surface area contributed by atoms with Crippen LogP contribution >= 0.6 is 11.3 Å². The van der Waals surface area contributed by atoms with Crippen molar-refractivity contribution in [1.29, 1.82) is 0 Å². The van der Waals surface area contributed by atoms with E-state index in [0.29, 0.717) is 30.3 Å². The van der Waals surface area contributed by atoms with Gasteiger partial charge in [0.15, 0.2) is 0 Å². The van der Waals surface area contributed by atoms with E-state index in [2.05, 4.69) is 15.4 Å². The van der Waals surface area contributed by atoms with Gasteiger partial charge in [-0.1, -0.05) is 30.4 Å². The highest BCUT2D eigenvalue weighted by Crippen LogP contribution is 2.10. The number of aryl methyl sites for hydroxylation is 1. The molecule has 27 heavy (non-hydrogen) atoms. The second-order valence-electron chi connectivity index (χ2n) is 6.11. The van der Waals surface area contributed by atoms with Crippen LogP contribution in [-0.2, 0) is 17.9 Å². The molecule has 2 aromatic heterocycles. The average molecular weight is 389 g/mol. The van der Waals surface area contributed by atoms with E-state index in [-0.39, 0.29) is 23.8 Å². The van der Waals surface area contributed by atoms with Crippen LogP contribution < -0.4 is 10.9 Å². The van der Waals surface area contributed by atoms with Crippen molar-refractivity contribution >= 4 is 22.2 Å². The number of carbonyl (C=O) groups excluding carboxylic acids is 1. The molecule has 0 aliphatic carbocycles. The first-order valence-corrected chi connectivity index (χ1v) is 9.36. The summed E-state index contributed by atoms with van der Waals surface area (Å²) in [5.74, 6) is -0.452.